The van der Waals surface area contributed by atoms with E-state index in [0.717, 1.165) is 17.3 Å². The van der Waals surface area contributed by atoms with Gasteiger partial charge < -0.3 is 9.26 Å². The minimum absolute atomic E-state index is 0.356. The van der Waals surface area contributed by atoms with Crippen LogP contribution in [0.15, 0.2) is 16.7 Å². The second-order valence-corrected chi connectivity index (χ2v) is 4.04. The third kappa shape index (κ3) is 2.32. The Morgan fingerprint density at radius 2 is 2.31 bits per heavy atom. The number of rotatable bonds is 3. The number of nitrogens with zero attached hydrogens (tertiary/aromatic N) is 1. The first-order valence-electron chi connectivity index (χ1n) is 3.98. The van der Waals surface area contributed by atoms with Crippen LogP contribution in [0.2, 0.25) is 0 Å². The van der Waals surface area contributed by atoms with Crippen molar-refractivity contribution in [3.05, 3.63) is 16.7 Å². The van der Waals surface area contributed by atoms with Crippen molar-refractivity contribution < 1.29 is 9.26 Å². The first-order chi connectivity index (χ1) is 6.29. The summed E-state index contributed by atoms with van der Waals surface area (Å²) in [6.45, 7) is 0. The number of hydrogen-bond acceptors (Lipinski definition) is 3. The Morgan fingerprint density at radius 1 is 1.54 bits per heavy atom. The lowest BCUT2D eigenvalue weighted by atomic mass is 10.4. The Labute approximate surface area is 87.3 Å². The van der Waals surface area contributed by atoms with Gasteiger partial charge in [-0.25, -0.2) is 4.98 Å². The molecule has 1 atom stereocenters. The molecule has 0 saturated heterocycles. The van der Waals surface area contributed by atoms with E-state index in [9.17, 15) is 0 Å². The summed E-state index contributed by atoms with van der Waals surface area (Å²) < 4.78 is 11.5. The van der Waals surface area contributed by atoms with Gasteiger partial charge in [0.05, 0.1) is 15.6 Å². The average molecular weight is 262 g/mol. The summed E-state index contributed by atoms with van der Waals surface area (Å²) in [6.07, 6.45) is 4.29. The van der Waals surface area contributed by atoms with Gasteiger partial charge in [-0.1, -0.05) is 0 Å². The van der Waals surface area contributed by atoms with Gasteiger partial charge in [0.2, 0.25) is 0 Å². The van der Waals surface area contributed by atoms with E-state index in [2.05, 4.69) is 30.4 Å². The van der Waals surface area contributed by atoms with E-state index in [1.807, 2.05) is 6.07 Å². The van der Waals surface area contributed by atoms with Gasteiger partial charge in [-0.3, -0.25) is 0 Å². The Morgan fingerprint density at radius 3 is 2.92 bits per heavy atom. The summed E-state index contributed by atoms with van der Waals surface area (Å²) in [6, 6.07) is 1.87. The van der Waals surface area contributed by atoms with Gasteiger partial charge in [0, 0.05) is 16.7 Å². The summed E-state index contributed by atoms with van der Waals surface area (Å²) in [5, 5.41) is 0. The van der Waals surface area contributed by atoms with Gasteiger partial charge in [0.25, 0.3) is 5.88 Å². The van der Waals surface area contributed by atoms with Crippen molar-refractivity contribution >= 4 is 25.4 Å². The van der Waals surface area contributed by atoms with Crippen molar-refractivity contribution in [2.45, 2.75) is 18.9 Å². The largest absolute Gasteiger partial charge is 0.485 e. The molecule has 13 heavy (non-hydrogen) atoms. The zero-order chi connectivity index (χ0) is 9.26. The molecule has 0 spiro atoms. The SMILES string of the molecule is POc1ncc(Br)cc1OC1CC1. The van der Waals surface area contributed by atoms with E-state index >= 15 is 0 Å². The average Bonchev–Trinajstić information content (AvgIpc) is 2.89. The zero-order valence-electron chi connectivity index (χ0n) is 6.87. The van der Waals surface area contributed by atoms with E-state index in [1.54, 1.807) is 6.20 Å². The molecule has 1 unspecified atom stereocenters. The molecule has 3 nitrogen and oxygen atoms in total. The highest BCUT2D eigenvalue weighted by Crippen LogP contribution is 2.34. The van der Waals surface area contributed by atoms with Crippen LogP contribution >= 0.6 is 25.4 Å². The van der Waals surface area contributed by atoms with Crippen LogP contribution in [0.1, 0.15) is 12.8 Å². The molecule has 1 saturated carbocycles. The van der Waals surface area contributed by atoms with Gasteiger partial charge in [-0.2, -0.15) is 0 Å². The summed E-state index contributed by atoms with van der Waals surface area (Å²) in [5.41, 5.74) is 0. The molecule has 0 radical (unpaired) electrons. The van der Waals surface area contributed by atoms with E-state index in [4.69, 9.17) is 9.26 Å². The Bertz CT molecular complexity index is 317. The van der Waals surface area contributed by atoms with Crippen LogP contribution in [0.25, 0.3) is 0 Å². The fraction of sp³-hybridized carbons (Fsp3) is 0.375. The molecule has 1 heterocycles. The standard InChI is InChI=1S/C8H9BrNO2P/c9-5-3-7(11-6-1-2-6)8(12-13)10-4-5/h3-4,6H,1-2,13H2. The molecule has 0 bridgehead atoms. The van der Waals surface area contributed by atoms with Crippen LogP contribution in [0.3, 0.4) is 0 Å². The van der Waals surface area contributed by atoms with Crippen molar-refractivity contribution in [1.29, 1.82) is 0 Å². The number of aromatic nitrogens is 1. The van der Waals surface area contributed by atoms with E-state index in [1.165, 1.54) is 0 Å². The Kier molecular flexibility index (Phi) is 2.70. The molecule has 1 aliphatic carbocycles. The number of ether oxygens (including phenoxy) is 1. The molecule has 0 aliphatic heterocycles. The minimum Gasteiger partial charge on any atom is -0.485 e. The van der Waals surface area contributed by atoms with Gasteiger partial charge in [-0.05, 0) is 28.8 Å². The zero-order valence-corrected chi connectivity index (χ0v) is 9.61. The number of halogens is 1. The van der Waals surface area contributed by atoms with Gasteiger partial charge >= 0.3 is 0 Å². The van der Waals surface area contributed by atoms with Crippen LogP contribution in [-0.2, 0) is 0 Å². The molecule has 0 aromatic carbocycles. The fourth-order valence-electron chi connectivity index (χ4n) is 0.947. The van der Waals surface area contributed by atoms with Gasteiger partial charge in [0.15, 0.2) is 5.75 Å². The highest BCUT2D eigenvalue weighted by molar-refractivity contribution is 9.10. The van der Waals surface area contributed by atoms with E-state index in [-0.39, 0.29) is 0 Å². The summed E-state index contributed by atoms with van der Waals surface area (Å²) >= 11 is 3.33. The number of hydrogen-bond donors (Lipinski definition) is 0. The molecule has 1 aliphatic rings. The second-order valence-electron chi connectivity index (χ2n) is 2.89. The third-order valence-corrected chi connectivity index (χ3v) is 2.37. The highest BCUT2D eigenvalue weighted by atomic mass is 79.9. The maximum absolute atomic E-state index is 5.60. The first kappa shape index (κ1) is 9.22. The van der Waals surface area contributed by atoms with Crippen molar-refractivity contribution in [3.63, 3.8) is 0 Å². The first-order valence-corrected chi connectivity index (χ1v) is 5.25. The molecule has 1 aromatic rings. The highest BCUT2D eigenvalue weighted by Gasteiger charge is 2.25. The van der Waals surface area contributed by atoms with Crippen LogP contribution in [0.4, 0.5) is 0 Å². The molecular formula is C8H9BrNO2P. The summed E-state index contributed by atoms with van der Waals surface area (Å²) in [7, 11) is 2.17. The Hall–Kier alpha value is -0.340. The lowest BCUT2D eigenvalue weighted by Gasteiger charge is -2.08. The summed E-state index contributed by atoms with van der Waals surface area (Å²) in [5.74, 6) is 1.21. The smallest absolute Gasteiger partial charge is 0.259 e. The van der Waals surface area contributed by atoms with Crippen molar-refractivity contribution in [3.8, 4) is 11.6 Å². The fourth-order valence-corrected chi connectivity index (χ4v) is 1.43. The molecule has 1 aromatic heterocycles. The number of pyridine rings is 1. The van der Waals surface area contributed by atoms with E-state index < -0.39 is 0 Å². The monoisotopic (exact) mass is 261 g/mol. The van der Waals surface area contributed by atoms with Crippen LogP contribution in [0.5, 0.6) is 11.6 Å². The van der Waals surface area contributed by atoms with Gasteiger partial charge in [0.1, 0.15) is 0 Å². The third-order valence-electron chi connectivity index (χ3n) is 1.71. The molecule has 0 amide bonds. The normalized spacial score (nSPS) is 15.5. The quantitative estimate of drug-likeness (QED) is 0.784. The predicted molar refractivity (Wildman–Crippen MR) is 55.9 cm³/mol. The molecule has 5 heteroatoms. The van der Waals surface area contributed by atoms with Crippen LogP contribution in [-0.4, -0.2) is 11.1 Å². The van der Waals surface area contributed by atoms with Crippen molar-refractivity contribution in [2.24, 2.45) is 0 Å². The molecule has 1 fully saturated rings. The molecule has 70 valence electrons. The second kappa shape index (κ2) is 3.81. The minimum atomic E-state index is 0.356. The molecular weight excluding hydrogens is 253 g/mol. The maximum atomic E-state index is 5.60. The molecule has 2 rings (SSSR count). The van der Waals surface area contributed by atoms with E-state index in [0.29, 0.717) is 17.7 Å². The van der Waals surface area contributed by atoms with Crippen molar-refractivity contribution in [1.82, 2.24) is 4.98 Å². The predicted octanol–water partition coefficient (Wildman–Crippen LogP) is 2.55. The lowest BCUT2D eigenvalue weighted by molar-refractivity contribution is 0.293. The molecule has 0 N–H and O–H groups in total. The topological polar surface area (TPSA) is 31.4 Å². The Balaban J connectivity index is 2.22. The van der Waals surface area contributed by atoms with Crippen molar-refractivity contribution in [2.75, 3.05) is 0 Å². The van der Waals surface area contributed by atoms with Crippen LogP contribution in [0, 0.1) is 0 Å². The van der Waals surface area contributed by atoms with Crippen LogP contribution < -0.4 is 9.26 Å². The summed E-state index contributed by atoms with van der Waals surface area (Å²) in [4.78, 5) is 4.06. The van der Waals surface area contributed by atoms with Gasteiger partial charge in [-0.15, -0.1) is 0 Å². The lowest BCUT2D eigenvalue weighted by Crippen LogP contribution is -1.98. The maximum Gasteiger partial charge on any atom is 0.259 e.